The monoisotopic (exact) mass is 528 g/mol. The Labute approximate surface area is 215 Å². The molecule has 4 aromatic rings. The molecule has 5 rings (SSSR count). The van der Waals surface area contributed by atoms with Gasteiger partial charge >= 0.3 is 5.69 Å². The van der Waals surface area contributed by atoms with Crippen molar-refractivity contribution in [1.29, 1.82) is 0 Å². The number of fused-ring (bicyclic) bond motifs is 1. The molecule has 1 aliphatic rings. The van der Waals surface area contributed by atoms with Gasteiger partial charge in [-0.3, -0.25) is 18.9 Å². The van der Waals surface area contributed by atoms with E-state index in [4.69, 9.17) is 39.5 Å². The lowest BCUT2D eigenvalue weighted by atomic mass is 10.2. The molecule has 35 heavy (non-hydrogen) atoms. The number of imidazole rings is 1. The molecule has 0 saturated carbocycles. The number of likely N-dealkylation sites (tertiary alicyclic amines) is 1. The SMILES string of the molecule is C=CC(=O)N1CCC(n2c(=O)n(-c3ccc(Oc4ccc(Cl)c(Cl)c4)c(Cl)c3)c3cnccc32)C1. The van der Waals surface area contributed by atoms with Gasteiger partial charge in [0.15, 0.2) is 0 Å². The van der Waals surface area contributed by atoms with Crippen LogP contribution in [-0.4, -0.2) is 38.0 Å². The first-order valence-electron chi connectivity index (χ1n) is 10.8. The second-order valence-electron chi connectivity index (χ2n) is 8.08. The summed E-state index contributed by atoms with van der Waals surface area (Å²) in [5.41, 5.74) is 1.70. The fraction of sp³-hybridized carbons (Fsp3) is 0.160. The molecule has 10 heteroatoms. The summed E-state index contributed by atoms with van der Waals surface area (Å²) in [6, 6.07) is 11.7. The fourth-order valence-electron chi connectivity index (χ4n) is 4.33. The summed E-state index contributed by atoms with van der Waals surface area (Å²) in [6.45, 7) is 4.55. The number of benzene rings is 2. The Kier molecular flexibility index (Phi) is 6.32. The van der Waals surface area contributed by atoms with Crippen LogP contribution in [0.25, 0.3) is 16.7 Å². The predicted molar refractivity (Wildman–Crippen MR) is 137 cm³/mol. The predicted octanol–water partition coefficient (Wildman–Crippen LogP) is 5.90. The Morgan fingerprint density at radius 2 is 1.89 bits per heavy atom. The molecule has 7 nitrogen and oxygen atoms in total. The number of halogens is 3. The number of nitrogens with zero attached hydrogens (tertiary/aromatic N) is 4. The highest BCUT2D eigenvalue weighted by atomic mass is 35.5. The number of carbonyl (C=O) groups excluding carboxylic acids is 1. The van der Waals surface area contributed by atoms with Crippen LogP contribution >= 0.6 is 34.8 Å². The van der Waals surface area contributed by atoms with Crippen LogP contribution < -0.4 is 10.4 Å². The molecule has 0 bridgehead atoms. The average molecular weight is 530 g/mol. The van der Waals surface area contributed by atoms with Gasteiger partial charge in [0.25, 0.3) is 0 Å². The largest absolute Gasteiger partial charge is 0.456 e. The lowest BCUT2D eigenvalue weighted by molar-refractivity contribution is -0.125. The summed E-state index contributed by atoms with van der Waals surface area (Å²) >= 11 is 18.6. The summed E-state index contributed by atoms with van der Waals surface area (Å²) in [5, 5.41) is 1.10. The lowest BCUT2D eigenvalue weighted by Crippen LogP contribution is -2.31. The number of ether oxygens (including phenoxy) is 1. The van der Waals surface area contributed by atoms with Crippen LogP contribution in [0.4, 0.5) is 0 Å². The minimum absolute atomic E-state index is 0.143. The van der Waals surface area contributed by atoms with Gasteiger partial charge in [0.1, 0.15) is 11.5 Å². The maximum absolute atomic E-state index is 13.7. The van der Waals surface area contributed by atoms with Gasteiger partial charge in [-0.25, -0.2) is 4.79 Å². The lowest BCUT2D eigenvalue weighted by Gasteiger charge is -2.15. The molecule has 2 aromatic carbocycles. The Bertz CT molecular complexity index is 1530. The molecule has 1 atom stereocenters. The van der Waals surface area contributed by atoms with E-state index in [0.717, 1.165) is 5.52 Å². The van der Waals surface area contributed by atoms with Crippen LogP contribution in [0, 0.1) is 0 Å². The molecular weight excluding hydrogens is 511 g/mol. The fourth-order valence-corrected chi connectivity index (χ4v) is 4.83. The number of carbonyl (C=O) groups is 1. The van der Waals surface area contributed by atoms with Crippen LogP contribution in [0.5, 0.6) is 11.5 Å². The number of aromatic nitrogens is 3. The molecular formula is C25H19Cl3N4O3. The Morgan fingerprint density at radius 3 is 2.63 bits per heavy atom. The maximum atomic E-state index is 13.7. The molecule has 1 unspecified atom stereocenters. The van der Waals surface area contributed by atoms with E-state index in [1.807, 2.05) is 0 Å². The second kappa shape index (κ2) is 9.41. The van der Waals surface area contributed by atoms with Crippen molar-refractivity contribution in [3.63, 3.8) is 0 Å². The van der Waals surface area contributed by atoms with E-state index in [9.17, 15) is 9.59 Å². The quantitative estimate of drug-likeness (QED) is 0.302. The van der Waals surface area contributed by atoms with Crippen LogP contribution in [-0.2, 0) is 4.79 Å². The van der Waals surface area contributed by atoms with Gasteiger partial charge in [0.2, 0.25) is 5.91 Å². The molecule has 1 aliphatic heterocycles. The topological polar surface area (TPSA) is 69.4 Å². The van der Waals surface area contributed by atoms with Crippen LogP contribution in [0.2, 0.25) is 15.1 Å². The van der Waals surface area contributed by atoms with Gasteiger partial charge in [-0.05, 0) is 48.9 Å². The third-order valence-electron chi connectivity index (χ3n) is 5.98. The zero-order chi connectivity index (χ0) is 24.7. The zero-order valence-electron chi connectivity index (χ0n) is 18.3. The van der Waals surface area contributed by atoms with Crippen molar-refractivity contribution in [1.82, 2.24) is 19.0 Å². The molecule has 0 spiro atoms. The summed E-state index contributed by atoms with van der Waals surface area (Å²) in [4.78, 5) is 31.6. The van der Waals surface area contributed by atoms with Crippen molar-refractivity contribution in [3.8, 4) is 17.2 Å². The van der Waals surface area contributed by atoms with Gasteiger partial charge in [0.05, 0.1) is 44.0 Å². The van der Waals surface area contributed by atoms with Crippen molar-refractivity contribution in [2.24, 2.45) is 0 Å². The molecule has 0 radical (unpaired) electrons. The average Bonchev–Trinajstić information content (AvgIpc) is 3.44. The molecule has 1 amide bonds. The summed E-state index contributed by atoms with van der Waals surface area (Å²) in [6.07, 6.45) is 5.24. The first kappa shape index (κ1) is 23.5. The first-order chi connectivity index (χ1) is 16.9. The molecule has 2 aromatic heterocycles. The van der Waals surface area contributed by atoms with Crippen molar-refractivity contribution in [2.45, 2.75) is 12.5 Å². The summed E-state index contributed by atoms with van der Waals surface area (Å²) in [7, 11) is 0. The van der Waals surface area contributed by atoms with E-state index >= 15 is 0 Å². The zero-order valence-corrected chi connectivity index (χ0v) is 20.6. The maximum Gasteiger partial charge on any atom is 0.334 e. The Balaban J connectivity index is 1.53. The molecule has 178 valence electrons. The summed E-state index contributed by atoms with van der Waals surface area (Å²) < 4.78 is 9.15. The Morgan fingerprint density at radius 1 is 1.06 bits per heavy atom. The van der Waals surface area contributed by atoms with E-state index in [2.05, 4.69) is 11.6 Å². The highest BCUT2D eigenvalue weighted by Crippen LogP contribution is 2.34. The summed E-state index contributed by atoms with van der Waals surface area (Å²) in [5.74, 6) is 0.736. The minimum Gasteiger partial charge on any atom is -0.456 e. The van der Waals surface area contributed by atoms with E-state index in [0.29, 0.717) is 57.3 Å². The third-order valence-corrected chi connectivity index (χ3v) is 7.02. The van der Waals surface area contributed by atoms with Gasteiger partial charge < -0.3 is 9.64 Å². The minimum atomic E-state index is -0.236. The molecule has 0 aliphatic carbocycles. The number of hydrogen-bond donors (Lipinski definition) is 0. The standard InChI is InChI=1S/C25H19Cl3N4O3/c1-2-24(33)30-10-8-16(14-30)32-21-7-9-29-13-22(21)31(25(32)34)15-3-6-23(20(28)11-15)35-17-4-5-18(26)19(27)12-17/h2-7,9,11-13,16H,1,8,10,14H2. The third kappa shape index (κ3) is 4.31. The molecule has 1 saturated heterocycles. The smallest absolute Gasteiger partial charge is 0.334 e. The van der Waals surface area contributed by atoms with Crippen molar-refractivity contribution >= 4 is 51.7 Å². The second-order valence-corrected chi connectivity index (χ2v) is 9.30. The number of amides is 1. The van der Waals surface area contributed by atoms with Gasteiger partial charge in [-0.2, -0.15) is 0 Å². The van der Waals surface area contributed by atoms with Crippen LogP contribution in [0.15, 0.2) is 72.3 Å². The Hall–Kier alpha value is -3.26. The van der Waals surface area contributed by atoms with Gasteiger partial charge in [0, 0.05) is 25.4 Å². The highest BCUT2D eigenvalue weighted by Gasteiger charge is 2.30. The van der Waals surface area contributed by atoms with E-state index in [1.165, 1.54) is 6.08 Å². The van der Waals surface area contributed by atoms with Crippen LogP contribution in [0.1, 0.15) is 12.5 Å². The van der Waals surface area contributed by atoms with E-state index < -0.39 is 0 Å². The van der Waals surface area contributed by atoms with Crippen molar-refractivity contribution < 1.29 is 9.53 Å². The molecule has 3 heterocycles. The van der Waals surface area contributed by atoms with Crippen molar-refractivity contribution in [3.05, 3.63) is 93.1 Å². The first-order valence-corrected chi connectivity index (χ1v) is 11.9. The number of hydrogen-bond acceptors (Lipinski definition) is 4. The number of pyridine rings is 1. The normalized spacial score (nSPS) is 15.5. The van der Waals surface area contributed by atoms with Crippen LogP contribution in [0.3, 0.4) is 0 Å². The highest BCUT2D eigenvalue weighted by molar-refractivity contribution is 6.42. The van der Waals surface area contributed by atoms with Gasteiger partial charge in [-0.1, -0.05) is 41.4 Å². The van der Waals surface area contributed by atoms with E-state index in [-0.39, 0.29) is 17.6 Å². The van der Waals surface area contributed by atoms with E-state index in [1.54, 1.807) is 68.9 Å². The number of rotatable bonds is 5. The van der Waals surface area contributed by atoms with Gasteiger partial charge in [-0.15, -0.1) is 0 Å². The van der Waals surface area contributed by atoms with Crippen molar-refractivity contribution in [2.75, 3.05) is 13.1 Å². The molecule has 0 N–H and O–H groups in total. The molecule has 1 fully saturated rings.